The van der Waals surface area contributed by atoms with Gasteiger partial charge in [-0.2, -0.15) is 0 Å². The molecule has 0 amide bonds. The molecule has 0 unspecified atom stereocenters. The van der Waals surface area contributed by atoms with E-state index in [-0.39, 0.29) is 11.3 Å². The molecule has 2 N–H and O–H groups in total. The summed E-state index contributed by atoms with van der Waals surface area (Å²) >= 11 is 0. The predicted molar refractivity (Wildman–Crippen MR) is 132 cm³/mol. The van der Waals surface area contributed by atoms with Gasteiger partial charge in [0.1, 0.15) is 0 Å². The summed E-state index contributed by atoms with van der Waals surface area (Å²) in [5, 5.41) is 14.5. The van der Waals surface area contributed by atoms with Gasteiger partial charge >= 0.3 is 0 Å². The Kier molecular flexibility index (Phi) is 6.61. The molecule has 4 nitrogen and oxygen atoms in total. The van der Waals surface area contributed by atoms with Gasteiger partial charge in [-0.1, -0.05) is 25.1 Å². The Balaban J connectivity index is 1.23. The van der Waals surface area contributed by atoms with Gasteiger partial charge in [-0.05, 0) is 112 Å². The van der Waals surface area contributed by atoms with E-state index in [9.17, 15) is 9.90 Å². The molecule has 4 saturated carbocycles. The SMILES string of the molecule is CCOC[C@@]1(O)CC[C@H]2[C@H](CC[C@@H]3[C@@H]2CC[C@]2(C)[C@@H](C(=O)CNc4ccccc4)CC[C@@H]32)C1. The molecule has 0 heterocycles. The second kappa shape index (κ2) is 9.34. The largest absolute Gasteiger partial charge is 0.387 e. The smallest absolute Gasteiger partial charge is 0.155 e. The van der Waals surface area contributed by atoms with Crippen LogP contribution in [0.4, 0.5) is 5.69 Å². The number of carbonyl (C=O) groups is 1. The monoisotopic (exact) mass is 453 g/mol. The van der Waals surface area contributed by atoms with Crippen molar-refractivity contribution in [1.82, 2.24) is 0 Å². The zero-order valence-corrected chi connectivity index (χ0v) is 20.6. The van der Waals surface area contributed by atoms with Crippen LogP contribution in [0.2, 0.25) is 0 Å². The van der Waals surface area contributed by atoms with Gasteiger partial charge in [0, 0.05) is 18.2 Å². The Hall–Kier alpha value is -1.39. The van der Waals surface area contributed by atoms with Gasteiger partial charge in [-0.15, -0.1) is 0 Å². The Morgan fingerprint density at radius 1 is 1.03 bits per heavy atom. The second-order valence-corrected chi connectivity index (χ2v) is 11.9. The highest BCUT2D eigenvalue weighted by atomic mass is 16.5. The molecular formula is C29H43NO3. The highest BCUT2D eigenvalue weighted by Gasteiger charge is 2.58. The summed E-state index contributed by atoms with van der Waals surface area (Å²) in [4.78, 5) is 13.3. The topological polar surface area (TPSA) is 58.6 Å². The lowest BCUT2D eigenvalue weighted by molar-refractivity contribution is -0.136. The maximum atomic E-state index is 13.3. The first kappa shape index (κ1) is 23.4. The van der Waals surface area contributed by atoms with E-state index in [1.54, 1.807) is 0 Å². The average Bonchev–Trinajstić information content (AvgIpc) is 3.19. The van der Waals surface area contributed by atoms with E-state index in [1.165, 1.54) is 32.1 Å². The molecule has 1 aromatic rings. The third kappa shape index (κ3) is 4.38. The van der Waals surface area contributed by atoms with E-state index in [0.717, 1.165) is 49.1 Å². The maximum absolute atomic E-state index is 13.3. The number of para-hydroxylation sites is 1. The van der Waals surface area contributed by atoms with Crippen molar-refractivity contribution >= 4 is 11.5 Å². The number of anilines is 1. The molecule has 182 valence electrons. The summed E-state index contributed by atoms with van der Waals surface area (Å²) in [6.07, 6.45) is 10.3. The normalized spacial score (nSPS) is 42.2. The number of ether oxygens (including phenoxy) is 1. The number of hydrogen-bond acceptors (Lipinski definition) is 4. The minimum Gasteiger partial charge on any atom is -0.387 e. The molecule has 1 aromatic carbocycles. The van der Waals surface area contributed by atoms with Crippen molar-refractivity contribution in [2.75, 3.05) is 25.1 Å². The van der Waals surface area contributed by atoms with E-state index in [4.69, 9.17) is 4.74 Å². The molecule has 4 heteroatoms. The molecule has 0 radical (unpaired) electrons. The van der Waals surface area contributed by atoms with Crippen LogP contribution in [-0.4, -0.2) is 36.2 Å². The Morgan fingerprint density at radius 2 is 1.82 bits per heavy atom. The standard InChI is InChI=1S/C29H43NO3/c1-3-33-19-29(32)16-14-22-20(17-29)9-10-24-23(22)13-15-28(2)25(24)11-12-26(28)27(31)18-30-21-7-5-4-6-8-21/h4-8,20,22-26,30,32H,3,9-19H2,1-2H3/t20-,22+,23-,24-,25+,26-,28+,29-/m1/s1. The van der Waals surface area contributed by atoms with Crippen LogP contribution in [0, 0.1) is 40.9 Å². The molecule has 4 aliphatic carbocycles. The lowest BCUT2D eigenvalue weighted by Gasteiger charge is -2.57. The minimum atomic E-state index is -0.607. The van der Waals surface area contributed by atoms with E-state index < -0.39 is 5.60 Å². The van der Waals surface area contributed by atoms with E-state index >= 15 is 0 Å². The number of fused-ring (bicyclic) bond motifs is 5. The summed E-state index contributed by atoms with van der Waals surface area (Å²) in [6.45, 7) is 6.09. The molecule has 4 aliphatic rings. The van der Waals surface area contributed by atoms with E-state index in [2.05, 4.69) is 12.2 Å². The van der Waals surface area contributed by atoms with Gasteiger partial charge in [-0.25, -0.2) is 0 Å². The summed E-state index contributed by atoms with van der Waals surface area (Å²) in [5.74, 6) is 4.33. The van der Waals surface area contributed by atoms with Crippen LogP contribution in [0.15, 0.2) is 30.3 Å². The van der Waals surface area contributed by atoms with Crippen LogP contribution < -0.4 is 5.32 Å². The van der Waals surface area contributed by atoms with Crippen molar-refractivity contribution in [1.29, 1.82) is 0 Å². The number of rotatable bonds is 7. The third-order valence-corrected chi connectivity index (χ3v) is 10.3. The lowest BCUT2D eigenvalue weighted by Crippen LogP contribution is -2.52. The third-order valence-electron chi connectivity index (χ3n) is 10.3. The van der Waals surface area contributed by atoms with Crippen molar-refractivity contribution in [2.45, 2.75) is 77.2 Å². The predicted octanol–water partition coefficient (Wildman–Crippen LogP) is 5.70. The Morgan fingerprint density at radius 3 is 2.61 bits per heavy atom. The first-order valence-corrected chi connectivity index (χ1v) is 13.6. The first-order valence-electron chi connectivity index (χ1n) is 13.6. The fraction of sp³-hybridized carbons (Fsp3) is 0.759. The highest BCUT2D eigenvalue weighted by Crippen LogP contribution is 2.64. The van der Waals surface area contributed by atoms with Crippen LogP contribution in [0.25, 0.3) is 0 Å². The zero-order chi connectivity index (χ0) is 23.1. The van der Waals surface area contributed by atoms with Crippen molar-refractivity contribution in [3.8, 4) is 0 Å². The molecule has 0 aliphatic heterocycles. The summed E-state index contributed by atoms with van der Waals surface area (Å²) in [7, 11) is 0. The number of benzene rings is 1. The van der Waals surface area contributed by atoms with Crippen molar-refractivity contribution in [3.63, 3.8) is 0 Å². The number of hydrogen-bond donors (Lipinski definition) is 2. The van der Waals surface area contributed by atoms with Gasteiger partial charge in [0.2, 0.25) is 0 Å². The molecule has 0 aromatic heterocycles. The second-order valence-electron chi connectivity index (χ2n) is 11.9. The number of nitrogens with one attached hydrogen (secondary N) is 1. The van der Waals surface area contributed by atoms with Crippen LogP contribution in [0.5, 0.6) is 0 Å². The summed E-state index contributed by atoms with van der Waals surface area (Å²) < 4.78 is 5.63. The summed E-state index contributed by atoms with van der Waals surface area (Å²) in [6, 6.07) is 10.1. The van der Waals surface area contributed by atoms with Gasteiger partial charge in [0.15, 0.2) is 5.78 Å². The number of carbonyl (C=O) groups excluding carboxylic acids is 1. The Labute approximate surface area is 199 Å². The zero-order valence-electron chi connectivity index (χ0n) is 20.6. The van der Waals surface area contributed by atoms with Crippen LogP contribution in [0.3, 0.4) is 0 Å². The average molecular weight is 454 g/mol. The lowest BCUT2D eigenvalue weighted by atomic mass is 9.49. The van der Waals surface area contributed by atoms with Gasteiger partial charge in [0.25, 0.3) is 0 Å². The van der Waals surface area contributed by atoms with Gasteiger partial charge in [0.05, 0.1) is 18.8 Å². The number of Topliss-reactive ketones (excluding diaryl/α,β-unsaturated/α-hetero) is 1. The van der Waals surface area contributed by atoms with Crippen molar-refractivity contribution in [2.24, 2.45) is 40.9 Å². The molecule has 0 bridgehead atoms. The molecule has 0 spiro atoms. The Bertz CT molecular complexity index is 827. The fourth-order valence-electron chi connectivity index (χ4n) is 8.78. The van der Waals surface area contributed by atoms with Crippen molar-refractivity contribution in [3.05, 3.63) is 30.3 Å². The summed E-state index contributed by atoms with van der Waals surface area (Å²) in [5.41, 5.74) is 0.603. The van der Waals surface area contributed by atoms with Crippen LogP contribution in [-0.2, 0) is 9.53 Å². The molecule has 33 heavy (non-hydrogen) atoms. The number of aliphatic hydroxyl groups is 1. The van der Waals surface area contributed by atoms with Crippen LogP contribution in [0.1, 0.15) is 71.6 Å². The molecule has 8 atom stereocenters. The fourth-order valence-corrected chi connectivity index (χ4v) is 8.78. The van der Waals surface area contributed by atoms with Crippen molar-refractivity contribution < 1.29 is 14.6 Å². The molecule has 0 saturated heterocycles. The minimum absolute atomic E-state index is 0.174. The van der Waals surface area contributed by atoms with Gasteiger partial charge in [-0.3, -0.25) is 4.79 Å². The molecule has 4 fully saturated rings. The quantitative estimate of drug-likeness (QED) is 0.556. The maximum Gasteiger partial charge on any atom is 0.155 e. The highest BCUT2D eigenvalue weighted by molar-refractivity contribution is 5.86. The van der Waals surface area contributed by atoms with Gasteiger partial charge < -0.3 is 15.2 Å². The molecule has 5 rings (SSSR count). The first-order chi connectivity index (χ1) is 15.9. The van der Waals surface area contributed by atoms with Crippen LogP contribution >= 0.6 is 0 Å². The number of ketones is 1. The van der Waals surface area contributed by atoms with E-state index in [1.807, 2.05) is 37.3 Å². The van der Waals surface area contributed by atoms with E-state index in [0.29, 0.717) is 37.4 Å². The molecular weight excluding hydrogens is 410 g/mol.